The summed E-state index contributed by atoms with van der Waals surface area (Å²) < 4.78 is 0. The van der Waals surface area contributed by atoms with Crippen LogP contribution in [0.5, 0.6) is 0 Å². The number of nitrogen functional groups attached to an aromatic ring is 1. The molecule has 1 aromatic rings. The van der Waals surface area contributed by atoms with Crippen molar-refractivity contribution in [1.29, 1.82) is 5.41 Å². The molecule has 2 amide bonds. The summed E-state index contributed by atoms with van der Waals surface area (Å²) in [5.41, 5.74) is 6.95. The van der Waals surface area contributed by atoms with Gasteiger partial charge in [0.1, 0.15) is 5.84 Å². The third kappa shape index (κ3) is 4.05. The van der Waals surface area contributed by atoms with Crippen LogP contribution >= 0.6 is 0 Å². The fourth-order valence-electron chi connectivity index (χ4n) is 3.40. The van der Waals surface area contributed by atoms with Crippen molar-refractivity contribution >= 4 is 17.6 Å². The molecule has 0 aromatic heterocycles. The number of nitrogens with zero attached hydrogens (tertiary/aromatic N) is 1. The molecule has 2 aliphatic heterocycles. The monoisotopic (exact) mass is 343 g/mol. The highest BCUT2D eigenvalue weighted by molar-refractivity contribution is 6.00. The zero-order valence-electron chi connectivity index (χ0n) is 14.3. The molecule has 25 heavy (non-hydrogen) atoms. The maximum absolute atomic E-state index is 12.9. The molecule has 0 radical (unpaired) electrons. The van der Waals surface area contributed by atoms with Gasteiger partial charge in [-0.2, -0.15) is 0 Å². The Morgan fingerprint density at radius 2 is 1.56 bits per heavy atom. The van der Waals surface area contributed by atoms with Crippen LogP contribution in [-0.4, -0.2) is 47.7 Å². The van der Waals surface area contributed by atoms with Crippen LogP contribution < -0.4 is 16.4 Å². The van der Waals surface area contributed by atoms with Crippen molar-refractivity contribution in [3.05, 3.63) is 35.4 Å². The Labute approximate surface area is 147 Å². The number of nitrogens with two attached hydrogens (primary N) is 1. The first-order valence-electron chi connectivity index (χ1n) is 8.81. The molecule has 2 heterocycles. The normalized spacial score (nSPS) is 22.7. The molecule has 2 aliphatic rings. The zero-order chi connectivity index (χ0) is 17.8. The lowest BCUT2D eigenvalue weighted by atomic mass is 10.1. The molecule has 5 N–H and O–H groups in total. The van der Waals surface area contributed by atoms with E-state index in [4.69, 9.17) is 11.1 Å². The molecule has 2 atom stereocenters. The highest BCUT2D eigenvalue weighted by Gasteiger charge is 2.35. The molecular weight excluding hydrogens is 318 g/mol. The minimum Gasteiger partial charge on any atom is -0.384 e. The standard InChI is InChI=1S/C18H25N5O2/c19-16(20)13-7-5-12(6-8-13)11-23(17(24)14-3-1-9-21-14)18(25)15-4-2-10-22-15/h5-8,14-15,21-22H,1-4,9-11H2,(H3,19,20)/t14-,15-/m0/s1. The summed E-state index contributed by atoms with van der Waals surface area (Å²) in [6.45, 7) is 1.87. The number of amides is 2. The van der Waals surface area contributed by atoms with E-state index in [9.17, 15) is 9.59 Å². The van der Waals surface area contributed by atoms with Gasteiger partial charge in [0.05, 0.1) is 18.6 Å². The van der Waals surface area contributed by atoms with Gasteiger partial charge in [0.15, 0.2) is 0 Å². The third-order valence-electron chi connectivity index (χ3n) is 4.85. The molecule has 2 saturated heterocycles. The highest BCUT2D eigenvalue weighted by atomic mass is 16.2. The highest BCUT2D eigenvalue weighted by Crippen LogP contribution is 2.17. The van der Waals surface area contributed by atoms with Crippen molar-refractivity contribution in [3.63, 3.8) is 0 Å². The predicted octanol–water partition coefficient (Wildman–Crippen LogP) is 0.330. The smallest absolute Gasteiger partial charge is 0.246 e. The van der Waals surface area contributed by atoms with Crippen LogP contribution in [0.25, 0.3) is 0 Å². The molecule has 0 saturated carbocycles. The molecule has 0 spiro atoms. The van der Waals surface area contributed by atoms with Crippen molar-refractivity contribution in [1.82, 2.24) is 15.5 Å². The number of amidine groups is 1. The van der Waals surface area contributed by atoms with Gasteiger partial charge in [0.2, 0.25) is 11.8 Å². The third-order valence-corrected chi connectivity index (χ3v) is 4.85. The van der Waals surface area contributed by atoms with Crippen LogP contribution in [0.2, 0.25) is 0 Å². The molecule has 0 bridgehead atoms. The van der Waals surface area contributed by atoms with Gasteiger partial charge in [0, 0.05) is 5.56 Å². The summed E-state index contributed by atoms with van der Waals surface area (Å²) in [6, 6.07) is 6.56. The summed E-state index contributed by atoms with van der Waals surface area (Å²) >= 11 is 0. The number of benzene rings is 1. The maximum atomic E-state index is 12.9. The fourth-order valence-corrected chi connectivity index (χ4v) is 3.40. The Morgan fingerprint density at radius 3 is 1.96 bits per heavy atom. The van der Waals surface area contributed by atoms with Gasteiger partial charge >= 0.3 is 0 Å². The largest absolute Gasteiger partial charge is 0.384 e. The summed E-state index contributed by atoms with van der Waals surface area (Å²) in [6.07, 6.45) is 3.44. The molecular formula is C18H25N5O2. The van der Waals surface area contributed by atoms with Crippen LogP contribution in [0.3, 0.4) is 0 Å². The first-order chi connectivity index (χ1) is 12.1. The SMILES string of the molecule is N=C(N)c1ccc(CN(C(=O)[C@@H]2CCCN2)C(=O)[C@@H]2CCCN2)cc1. The van der Waals surface area contributed by atoms with E-state index < -0.39 is 0 Å². The number of hydrogen-bond donors (Lipinski definition) is 4. The van der Waals surface area contributed by atoms with Gasteiger partial charge in [-0.3, -0.25) is 19.9 Å². The minimum atomic E-state index is -0.276. The van der Waals surface area contributed by atoms with Crippen LogP contribution in [-0.2, 0) is 16.1 Å². The van der Waals surface area contributed by atoms with E-state index in [1.54, 1.807) is 12.1 Å². The Kier molecular flexibility index (Phi) is 5.45. The minimum absolute atomic E-state index is 0.000806. The van der Waals surface area contributed by atoms with Crippen molar-refractivity contribution in [2.45, 2.75) is 44.3 Å². The van der Waals surface area contributed by atoms with Gasteiger partial charge in [-0.25, -0.2) is 0 Å². The molecule has 3 rings (SSSR count). The Bertz CT molecular complexity index is 618. The van der Waals surface area contributed by atoms with Gasteiger partial charge in [-0.15, -0.1) is 0 Å². The molecule has 7 heteroatoms. The molecule has 0 unspecified atom stereocenters. The molecule has 0 aliphatic carbocycles. The molecule has 2 fully saturated rings. The van der Waals surface area contributed by atoms with Gasteiger partial charge in [0.25, 0.3) is 0 Å². The molecule has 7 nitrogen and oxygen atoms in total. The number of carbonyl (C=O) groups excluding carboxylic acids is 2. The summed E-state index contributed by atoms with van der Waals surface area (Å²) in [5, 5.41) is 13.8. The van der Waals surface area contributed by atoms with Crippen LogP contribution in [0.1, 0.15) is 36.8 Å². The lowest BCUT2D eigenvalue weighted by molar-refractivity contribution is -0.147. The Balaban J connectivity index is 1.78. The van der Waals surface area contributed by atoms with Gasteiger partial charge in [-0.05, 0) is 44.3 Å². The number of carbonyl (C=O) groups is 2. The number of rotatable bonds is 5. The van der Waals surface area contributed by atoms with E-state index in [0.29, 0.717) is 5.56 Å². The van der Waals surface area contributed by atoms with Crippen molar-refractivity contribution in [3.8, 4) is 0 Å². The maximum Gasteiger partial charge on any atom is 0.246 e. The van der Waals surface area contributed by atoms with Crippen molar-refractivity contribution in [2.75, 3.05) is 13.1 Å². The molecule has 134 valence electrons. The van der Waals surface area contributed by atoms with Gasteiger partial charge < -0.3 is 16.4 Å². The fraction of sp³-hybridized carbons (Fsp3) is 0.500. The van der Waals surface area contributed by atoms with E-state index in [1.807, 2.05) is 12.1 Å². The average Bonchev–Trinajstić information content (AvgIpc) is 3.32. The van der Waals surface area contributed by atoms with E-state index in [-0.39, 0.29) is 36.3 Å². The topological polar surface area (TPSA) is 111 Å². The predicted molar refractivity (Wildman–Crippen MR) is 95.1 cm³/mol. The Hall–Kier alpha value is -2.25. The van der Waals surface area contributed by atoms with Crippen LogP contribution in [0.4, 0.5) is 0 Å². The number of hydrogen-bond acceptors (Lipinski definition) is 5. The van der Waals surface area contributed by atoms with Crippen LogP contribution in [0.15, 0.2) is 24.3 Å². The first-order valence-corrected chi connectivity index (χ1v) is 8.81. The summed E-state index contributed by atoms with van der Waals surface area (Å²) in [4.78, 5) is 27.2. The van der Waals surface area contributed by atoms with Crippen LogP contribution in [0, 0.1) is 5.41 Å². The Morgan fingerprint density at radius 1 is 1.04 bits per heavy atom. The lowest BCUT2D eigenvalue weighted by Gasteiger charge is -2.27. The van der Waals surface area contributed by atoms with E-state index in [0.717, 1.165) is 44.3 Å². The average molecular weight is 343 g/mol. The molecule has 1 aromatic carbocycles. The van der Waals surface area contributed by atoms with Crippen molar-refractivity contribution in [2.24, 2.45) is 5.73 Å². The van der Waals surface area contributed by atoms with Crippen molar-refractivity contribution < 1.29 is 9.59 Å². The second-order valence-electron chi connectivity index (χ2n) is 6.67. The summed E-state index contributed by atoms with van der Waals surface area (Å²) in [7, 11) is 0. The summed E-state index contributed by atoms with van der Waals surface area (Å²) in [5.74, 6) is -0.292. The zero-order valence-corrected chi connectivity index (χ0v) is 14.3. The number of nitrogens with one attached hydrogen (secondary N) is 3. The van der Waals surface area contributed by atoms with Gasteiger partial charge in [-0.1, -0.05) is 24.3 Å². The second-order valence-corrected chi connectivity index (χ2v) is 6.67. The van der Waals surface area contributed by atoms with E-state index >= 15 is 0 Å². The van der Waals surface area contributed by atoms with E-state index in [2.05, 4.69) is 10.6 Å². The van der Waals surface area contributed by atoms with E-state index in [1.165, 1.54) is 4.90 Å². The first kappa shape index (κ1) is 17.6. The lowest BCUT2D eigenvalue weighted by Crippen LogP contribution is -2.51. The quantitative estimate of drug-likeness (QED) is 0.350. The second kappa shape index (κ2) is 7.76. The number of imide groups is 1.